The number of alkyl halides is 1. The average molecular weight is 262 g/mol. The van der Waals surface area contributed by atoms with Crippen molar-refractivity contribution in [1.82, 2.24) is 4.98 Å². The Morgan fingerprint density at radius 2 is 2.23 bits per heavy atom. The van der Waals surface area contributed by atoms with Crippen LogP contribution in [0.5, 0.6) is 0 Å². The molecule has 0 aliphatic heterocycles. The molecule has 1 aromatic rings. The zero-order valence-electron chi connectivity index (χ0n) is 8.43. The van der Waals surface area contributed by atoms with Gasteiger partial charge in [0.05, 0.1) is 11.2 Å². The van der Waals surface area contributed by atoms with Crippen LogP contribution in [0.2, 0.25) is 0 Å². The first-order valence-corrected chi connectivity index (χ1v) is 6.50. The average Bonchev–Trinajstić information content (AvgIpc) is 2.48. The van der Waals surface area contributed by atoms with Crippen molar-refractivity contribution in [2.45, 2.75) is 33.6 Å². The fourth-order valence-corrected chi connectivity index (χ4v) is 2.15. The molecule has 0 saturated carbocycles. The van der Waals surface area contributed by atoms with Crippen molar-refractivity contribution >= 4 is 27.3 Å². The van der Waals surface area contributed by atoms with Gasteiger partial charge in [0.1, 0.15) is 0 Å². The molecule has 3 heteroatoms. The van der Waals surface area contributed by atoms with E-state index < -0.39 is 0 Å². The maximum Gasteiger partial charge on any atom is 0.0797 e. The van der Waals surface area contributed by atoms with Gasteiger partial charge in [0.15, 0.2) is 0 Å². The van der Waals surface area contributed by atoms with Crippen LogP contribution in [0.25, 0.3) is 0 Å². The smallest absolute Gasteiger partial charge is 0.0797 e. The third kappa shape index (κ3) is 3.39. The second-order valence-electron chi connectivity index (χ2n) is 4.16. The summed E-state index contributed by atoms with van der Waals surface area (Å²) in [5.74, 6) is 0. The Morgan fingerprint density at radius 1 is 1.54 bits per heavy atom. The third-order valence-electron chi connectivity index (χ3n) is 2.24. The number of rotatable bonds is 4. The summed E-state index contributed by atoms with van der Waals surface area (Å²) in [6.45, 7) is 6.67. The summed E-state index contributed by atoms with van der Waals surface area (Å²) in [4.78, 5) is 5.69. The van der Waals surface area contributed by atoms with E-state index in [0.717, 1.165) is 11.8 Å². The number of hydrogen-bond donors (Lipinski definition) is 0. The number of aryl methyl sites for hydroxylation is 2. The summed E-state index contributed by atoms with van der Waals surface area (Å²) >= 11 is 5.32. The normalized spacial score (nSPS) is 12.0. The molecule has 0 aromatic carbocycles. The van der Waals surface area contributed by atoms with Gasteiger partial charge in [-0.15, -0.1) is 11.3 Å². The van der Waals surface area contributed by atoms with Crippen LogP contribution < -0.4 is 0 Å². The van der Waals surface area contributed by atoms with Gasteiger partial charge >= 0.3 is 0 Å². The van der Waals surface area contributed by atoms with Crippen molar-refractivity contribution in [3.05, 3.63) is 16.1 Å². The molecule has 1 nitrogen and oxygen atoms in total. The molecular formula is C10H16BrNS. The topological polar surface area (TPSA) is 12.9 Å². The number of nitrogens with zero attached hydrogens (tertiary/aromatic N) is 1. The van der Waals surface area contributed by atoms with Gasteiger partial charge in [0.2, 0.25) is 0 Å². The zero-order valence-corrected chi connectivity index (χ0v) is 10.8. The Morgan fingerprint density at radius 3 is 2.69 bits per heavy atom. The molecule has 0 unspecified atom stereocenters. The minimum absolute atomic E-state index is 0.399. The highest BCUT2D eigenvalue weighted by atomic mass is 79.9. The zero-order chi connectivity index (χ0) is 9.90. The molecule has 0 amide bonds. The fraction of sp³-hybridized carbons (Fsp3) is 0.700. The van der Waals surface area contributed by atoms with Crippen LogP contribution in [0.3, 0.4) is 0 Å². The Hall–Kier alpha value is 0.110. The van der Waals surface area contributed by atoms with Crippen molar-refractivity contribution in [2.24, 2.45) is 5.41 Å². The first-order chi connectivity index (χ1) is 6.05. The lowest BCUT2D eigenvalue weighted by atomic mass is 9.90. The number of hydrogen-bond acceptors (Lipinski definition) is 2. The van der Waals surface area contributed by atoms with E-state index in [1.165, 1.54) is 17.0 Å². The molecule has 0 saturated heterocycles. The highest BCUT2D eigenvalue weighted by Crippen LogP contribution is 2.26. The third-order valence-corrected chi connectivity index (χ3v) is 4.75. The number of thiazole rings is 1. The van der Waals surface area contributed by atoms with E-state index in [2.05, 4.69) is 41.7 Å². The van der Waals surface area contributed by atoms with Gasteiger partial charge < -0.3 is 0 Å². The number of aromatic nitrogens is 1. The van der Waals surface area contributed by atoms with E-state index in [9.17, 15) is 0 Å². The summed E-state index contributed by atoms with van der Waals surface area (Å²) in [5.41, 5.74) is 3.54. The van der Waals surface area contributed by atoms with E-state index in [1.807, 2.05) is 5.51 Å². The summed E-state index contributed by atoms with van der Waals surface area (Å²) in [5, 5.41) is 1.07. The molecule has 74 valence electrons. The minimum Gasteiger partial charge on any atom is -0.250 e. The van der Waals surface area contributed by atoms with Gasteiger partial charge in [-0.3, -0.25) is 0 Å². The molecule has 0 atom stereocenters. The summed E-state index contributed by atoms with van der Waals surface area (Å²) in [6.07, 6.45) is 2.39. The minimum atomic E-state index is 0.399. The molecule has 1 heterocycles. The molecule has 13 heavy (non-hydrogen) atoms. The molecular weight excluding hydrogens is 246 g/mol. The highest BCUT2D eigenvalue weighted by Gasteiger charge is 2.16. The molecule has 0 bridgehead atoms. The Balaban J connectivity index is 2.48. The van der Waals surface area contributed by atoms with Gasteiger partial charge in [-0.2, -0.15) is 0 Å². The molecule has 0 spiro atoms. The standard InChI is InChI=1S/C10H16BrNS/c1-8-9(13-7-12-8)4-5-10(2,3)6-11/h7H,4-6H2,1-3H3. The van der Waals surface area contributed by atoms with Crippen molar-refractivity contribution in [3.63, 3.8) is 0 Å². The highest BCUT2D eigenvalue weighted by molar-refractivity contribution is 9.09. The summed E-state index contributed by atoms with van der Waals surface area (Å²) in [6, 6.07) is 0. The second kappa shape index (κ2) is 4.56. The van der Waals surface area contributed by atoms with E-state index in [4.69, 9.17) is 0 Å². The largest absolute Gasteiger partial charge is 0.250 e. The monoisotopic (exact) mass is 261 g/mol. The molecule has 1 aromatic heterocycles. The van der Waals surface area contributed by atoms with Crippen LogP contribution in [0.4, 0.5) is 0 Å². The molecule has 0 aliphatic rings. The van der Waals surface area contributed by atoms with Gasteiger partial charge in [0.25, 0.3) is 0 Å². The molecule has 0 aliphatic carbocycles. The van der Waals surface area contributed by atoms with Crippen LogP contribution in [0, 0.1) is 12.3 Å². The fourth-order valence-electron chi connectivity index (χ4n) is 1.08. The van der Waals surface area contributed by atoms with E-state index in [-0.39, 0.29) is 0 Å². The maximum atomic E-state index is 4.25. The van der Waals surface area contributed by atoms with Crippen LogP contribution >= 0.6 is 27.3 Å². The maximum absolute atomic E-state index is 4.25. The number of halogens is 1. The lowest BCUT2D eigenvalue weighted by molar-refractivity contribution is 0.391. The van der Waals surface area contributed by atoms with Crippen molar-refractivity contribution in [1.29, 1.82) is 0 Å². The summed E-state index contributed by atoms with van der Waals surface area (Å²) < 4.78 is 0. The predicted molar refractivity (Wildman–Crippen MR) is 62.7 cm³/mol. The van der Waals surface area contributed by atoms with Crippen molar-refractivity contribution in [3.8, 4) is 0 Å². The Labute approximate surface area is 92.7 Å². The van der Waals surface area contributed by atoms with E-state index >= 15 is 0 Å². The first-order valence-electron chi connectivity index (χ1n) is 4.50. The van der Waals surface area contributed by atoms with Crippen LogP contribution in [-0.2, 0) is 6.42 Å². The quantitative estimate of drug-likeness (QED) is 0.752. The molecule has 0 radical (unpaired) electrons. The lowest BCUT2D eigenvalue weighted by Crippen LogP contribution is -2.13. The predicted octanol–water partition coefficient (Wildman–Crippen LogP) is 3.81. The van der Waals surface area contributed by atoms with E-state index in [1.54, 1.807) is 11.3 Å². The van der Waals surface area contributed by atoms with Gasteiger partial charge in [-0.05, 0) is 25.2 Å². The lowest BCUT2D eigenvalue weighted by Gasteiger charge is -2.20. The molecule has 0 N–H and O–H groups in total. The van der Waals surface area contributed by atoms with Crippen molar-refractivity contribution < 1.29 is 0 Å². The van der Waals surface area contributed by atoms with Gasteiger partial charge in [0, 0.05) is 10.2 Å². The van der Waals surface area contributed by atoms with Gasteiger partial charge in [-0.1, -0.05) is 29.8 Å². The Kier molecular flexibility index (Phi) is 3.92. The second-order valence-corrected chi connectivity index (χ2v) is 5.66. The van der Waals surface area contributed by atoms with Crippen LogP contribution in [0.1, 0.15) is 30.8 Å². The van der Waals surface area contributed by atoms with Gasteiger partial charge in [-0.25, -0.2) is 4.98 Å². The SMILES string of the molecule is Cc1ncsc1CCC(C)(C)CBr. The van der Waals surface area contributed by atoms with Crippen molar-refractivity contribution in [2.75, 3.05) is 5.33 Å². The van der Waals surface area contributed by atoms with Crippen LogP contribution in [0.15, 0.2) is 5.51 Å². The Bertz CT molecular complexity index is 268. The van der Waals surface area contributed by atoms with Crippen LogP contribution in [-0.4, -0.2) is 10.3 Å². The van der Waals surface area contributed by atoms with E-state index in [0.29, 0.717) is 5.41 Å². The molecule has 0 fully saturated rings. The summed E-state index contributed by atoms with van der Waals surface area (Å²) in [7, 11) is 0. The first kappa shape index (κ1) is 11.2. The molecule has 1 rings (SSSR count).